The van der Waals surface area contributed by atoms with Gasteiger partial charge in [0.15, 0.2) is 0 Å². The zero-order valence-electron chi connectivity index (χ0n) is 11.1. The minimum absolute atomic E-state index is 0.0683. The number of carbonyl (C=O) groups excluding carboxylic acids is 1. The summed E-state index contributed by atoms with van der Waals surface area (Å²) in [4.78, 5) is 11.4. The van der Waals surface area contributed by atoms with Crippen molar-refractivity contribution < 1.29 is 9.53 Å². The van der Waals surface area contributed by atoms with Crippen molar-refractivity contribution >= 4 is 5.97 Å². The molecule has 0 aromatic carbocycles. The second kappa shape index (κ2) is 8.57. The molecule has 16 heavy (non-hydrogen) atoms. The van der Waals surface area contributed by atoms with E-state index >= 15 is 0 Å². The molecular weight excluding hydrogens is 202 g/mol. The Labute approximate surface area is 99.7 Å². The summed E-state index contributed by atoms with van der Waals surface area (Å²) < 4.78 is 5.15. The first-order chi connectivity index (χ1) is 7.52. The van der Waals surface area contributed by atoms with E-state index in [1.807, 2.05) is 0 Å². The van der Waals surface area contributed by atoms with Gasteiger partial charge >= 0.3 is 5.97 Å². The van der Waals surface area contributed by atoms with Crippen LogP contribution in [0.5, 0.6) is 0 Å². The van der Waals surface area contributed by atoms with E-state index < -0.39 is 0 Å². The van der Waals surface area contributed by atoms with Gasteiger partial charge in [-0.25, -0.2) is 0 Å². The lowest BCUT2D eigenvalue weighted by atomic mass is 9.84. The lowest BCUT2D eigenvalue weighted by molar-refractivity contribution is -0.144. The second-order valence-corrected chi connectivity index (χ2v) is 5.13. The third kappa shape index (κ3) is 8.72. The smallest absolute Gasteiger partial charge is 0.305 e. The SMILES string of the molecule is CCCCCOC(=O)CCC(C)(C)CCN. The maximum atomic E-state index is 11.4. The molecule has 0 aliphatic carbocycles. The first kappa shape index (κ1) is 15.4. The molecule has 0 saturated carbocycles. The van der Waals surface area contributed by atoms with Crippen molar-refractivity contribution in [3.63, 3.8) is 0 Å². The van der Waals surface area contributed by atoms with Gasteiger partial charge in [0, 0.05) is 6.42 Å². The molecule has 0 amide bonds. The Kier molecular flexibility index (Phi) is 8.26. The molecule has 2 N–H and O–H groups in total. The van der Waals surface area contributed by atoms with Crippen LogP contribution in [-0.4, -0.2) is 19.1 Å². The number of esters is 1. The third-order valence-corrected chi connectivity index (χ3v) is 2.84. The monoisotopic (exact) mass is 229 g/mol. The molecule has 3 nitrogen and oxygen atoms in total. The summed E-state index contributed by atoms with van der Waals surface area (Å²) in [6, 6.07) is 0. The van der Waals surface area contributed by atoms with Gasteiger partial charge in [-0.05, 0) is 31.2 Å². The Morgan fingerprint density at radius 2 is 1.94 bits per heavy atom. The van der Waals surface area contributed by atoms with Crippen molar-refractivity contribution in [1.29, 1.82) is 0 Å². The Hall–Kier alpha value is -0.570. The van der Waals surface area contributed by atoms with Gasteiger partial charge < -0.3 is 10.5 Å². The van der Waals surface area contributed by atoms with Gasteiger partial charge in [-0.3, -0.25) is 4.79 Å². The van der Waals surface area contributed by atoms with E-state index in [1.54, 1.807) is 0 Å². The highest BCUT2D eigenvalue weighted by Crippen LogP contribution is 2.25. The average molecular weight is 229 g/mol. The van der Waals surface area contributed by atoms with E-state index in [0.29, 0.717) is 19.6 Å². The van der Waals surface area contributed by atoms with E-state index in [4.69, 9.17) is 10.5 Å². The van der Waals surface area contributed by atoms with Crippen LogP contribution in [0.2, 0.25) is 0 Å². The summed E-state index contributed by atoms with van der Waals surface area (Å²) in [5.74, 6) is -0.0683. The van der Waals surface area contributed by atoms with Crippen LogP contribution < -0.4 is 5.73 Å². The highest BCUT2D eigenvalue weighted by Gasteiger charge is 2.18. The predicted octanol–water partition coefficient (Wildman–Crippen LogP) is 2.88. The zero-order chi connectivity index (χ0) is 12.4. The molecule has 0 fully saturated rings. The summed E-state index contributed by atoms with van der Waals surface area (Å²) in [5, 5.41) is 0. The van der Waals surface area contributed by atoms with Gasteiger partial charge in [0.1, 0.15) is 0 Å². The third-order valence-electron chi connectivity index (χ3n) is 2.84. The summed E-state index contributed by atoms with van der Waals surface area (Å²) in [5.41, 5.74) is 5.67. The minimum Gasteiger partial charge on any atom is -0.466 e. The molecule has 0 bridgehead atoms. The molecule has 0 aromatic rings. The summed E-state index contributed by atoms with van der Waals surface area (Å²) >= 11 is 0. The molecule has 0 saturated heterocycles. The molecule has 0 unspecified atom stereocenters. The molecule has 0 spiro atoms. The number of carbonyl (C=O) groups is 1. The van der Waals surface area contributed by atoms with Crippen molar-refractivity contribution in [3.05, 3.63) is 0 Å². The van der Waals surface area contributed by atoms with Crippen molar-refractivity contribution in [2.24, 2.45) is 11.1 Å². The van der Waals surface area contributed by atoms with Crippen LogP contribution in [0.25, 0.3) is 0 Å². The summed E-state index contributed by atoms with van der Waals surface area (Å²) in [6.45, 7) is 7.67. The van der Waals surface area contributed by atoms with Gasteiger partial charge in [0.25, 0.3) is 0 Å². The van der Waals surface area contributed by atoms with Crippen molar-refractivity contribution in [2.45, 2.75) is 59.3 Å². The van der Waals surface area contributed by atoms with Crippen LogP contribution in [0, 0.1) is 5.41 Å². The normalized spacial score (nSPS) is 11.5. The van der Waals surface area contributed by atoms with Crippen molar-refractivity contribution in [3.8, 4) is 0 Å². The average Bonchev–Trinajstić information content (AvgIpc) is 2.22. The number of nitrogens with two attached hydrogens (primary N) is 1. The number of hydrogen-bond acceptors (Lipinski definition) is 3. The van der Waals surface area contributed by atoms with Gasteiger partial charge in [0.05, 0.1) is 6.61 Å². The van der Waals surface area contributed by atoms with Gasteiger partial charge in [-0.15, -0.1) is 0 Å². The van der Waals surface area contributed by atoms with E-state index in [1.165, 1.54) is 0 Å². The standard InChI is InChI=1S/C13H27NO2/c1-4-5-6-11-16-12(15)7-8-13(2,3)9-10-14/h4-11,14H2,1-3H3. The molecule has 0 radical (unpaired) electrons. The topological polar surface area (TPSA) is 52.3 Å². The predicted molar refractivity (Wildman–Crippen MR) is 67.2 cm³/mol. The fourth-order valence-corrected chi connectivity index (χ4v) is 1.57. The number of rotatable bonds is 9. The molecule has 0 aliphatic rings. The summed E-state index contributed by atoms with van der Waals surface area (Å²) in [7, 11) is 0. The maximum Gasteiger partial charge on any atom is 0.305 e. The Morgan fingerprint density at radius 3 is 2.50 bits per heavy atom. The second-order valence-electron chi connectivity index (χ2n) is 5.13. The number of unbranched alkanes of at least 4 members (excludes halogenated alkanes) is 2. The Morgan fingerprint density at radius 1 is 1.25 bits per heavy atom. The van der Waals surface area contributed by atoms with Gasteiger partial charge in [0.2, 0.25) is 0 Å². The van der Waals surface area contributed by atoms with Gasteiger partial charge in [-0.2, -0.15) is 0 Å². The molecular formula is C13H27NO2. The van der Waals surface area contributed by atoms with Crippen LogP contribution >= 0.6 is 0 Å². The molecule has 0 atom stereocenters. The highest BCUT2D eigenvalue weighted by atomic mass is 16.5. The minimum atomic E-state index is -0.0683. The maximum absolute atomic E-state index is 11.4. The van der Waals surface area contributed by atoms with E-state index in [0.717, 1.165) is 32.1 Å². The first-order valence-corrected chi connectivity index (χ1v) is 6.37. The number of hydrogen-bond donors (Lipinski definition) is 1. The van der Waals surface area contributed by atoms with Crippen molar-refractivity contribution in [1.82, 2.24) is 0 Å². The van der Waals surface area contributed by atoms with Crippen LogP contribution in [0.4, 0.5) is 0 Å². The van der Waals surface area contributed by atoms with E-state index in [2.05, 4.69) is 20.8 Å². The van der Waals surface area contributed by atoms with Crippen molar-refractivity contribution in [2.75, 3.05) is 13.2 Å². The summed E-state index contributed by atoms with van der Waals surface area (Å²) in [6.07, 6.45) is 5.59. The zero-order valence-corrected chi connectivity index (χ0v) is 11.1. The van der Waals surface area contributed by atoms with E-state index in [9.17, 15) is 4.79 Å². The molecule has 3 heteroatoms. The molecule has 0 aromatic heterocycles. The molecule has 0 rings (SSSR count). The quantitative estimate of drug-likeness (QED) is 0.488. The molecule has 0 aliphatic heterocycles. The number of ether oxygens (including phenoxy) is 1. The molecule has 0 heterocycles. The fraction of sp³-hybridized carbons (Fsp3) is 0.923. The molecule has 96 valence electrons. The van der Waals surface area contributed by atoms with Gasteiger partial charge in [-0.1, -0.05) is 33.6 Å². The fourth-order valence-electron chi connectivity index (χ4n) is 1.57. The highest BCUT2D eigenvalue weighted by molar-refractivity contribution is 5.69. The Balaban J connectivity index is 3.56. The lowest BCUT2D eigenvalue weighted by Gasteiger charge is -2.23. The van der Waals surface area contributed by atoms with Crippen LogP contribution in [0.3, 0.4) is 0 Å². The van der Waals surface area contributed by atoms with Crippen LogP contribution in [0.1, 0.15) is 59.3 Å². The lowest BCUT2D eigenvalue weighted by Crippen LogP contribution is -2.19. The van der Waals surface area contributed by atoms with E-state index in [-0.39, 0.29) is 11.4 Å². The van der Waals surface area contributed by atoms with Crippen LogP contribution in [0.15, 0.2) is 0 Å². The largest absolute Gasteiger partial charge is 0.466 e. The Bertz CT molecular complexity index is 190. The first-order valence-electron chi connectivity index (χ1n) is 6.37. The van der Waals surface area contributed by atoms with Crippen LogP contribution in [-0.2, 0) is 9.53 Å².